The third kappa shape index (κ3) is 4.17. The predicted molar refractivity (Wildman–Crippen MR) is 110 cm³/mol. The lowest BCUT2D eigenvalue weighted by atomic mass is 10.0. The van der Waals surface area contributed by atoms with E-state index in [9.17, 15) is 13.6 Å². The van der Waals surface area contributed by atoms with E-state index in [4.69, 9.17) is 0 Å². The molecule has 1 aliphatic rings. The summed E-state index contributed by atoms with van der Waals surface area (Å²) < 4.78 is 29.3. The Hall–Kier alpha value is -3.29. The highest BCUT2D eigenvalue weighted by atomic mass is 19.3. The molecule has 0 aliphatic carbocycles. The summed E-state index contributed by atoms with van der Waals surface area (Å²) in [4.78, 5) is 23.1. The second-order valence-corrected chi connectivity index (χ2v) is 7.57. The minimum absolute atomic E-state index is 0.0293. The van der Waals surface area contributed by atoms with Crippen LogP contribution < -0.4 is 15.0 Å². The van der Waals surface area contributed by atoms with Gasteiger partial charge in [-0.25, -0.2) is 4.98 Å². The molecule has 0 spiro atoms. The number of aryl methyl sites for hydroxylation is 3. The lowest BCUT2D eigenvalue weighted by molar-refractivity contribution is -0.0528. The maximum absolute atomic E-state index is 12.7. The van der Waals surface area contributed by atoms with E-state index in [0.29, 0.717) is 24.3 Å². The van der Waals surface area contributed by atoms with Crippen molar-refractivity contribution in [3.8, 4) is 5.88 Å². The van der Waals surface area contributed by atoms with Crippen LogP contribution in [0, 0.1) is 20.8 Å². The first-order valence-corrected chi connectivity index (χ1v) is 9.66. The number of carbonyl (C=O) groups is 1. The van der Waals surface area contributed by atoms with Gasteiger partial charge in [-0.05, 0) is 56.7 Å². The topological polar surface area (TPSA) is 67.4 Å². The number of hydrogen-bond donors (Lipinski definition) is 1. The van der Waals surface area contributed by atoms with Crippen molar-refractivity contribution < 1.29 is 18.3 Å². The molecule has 3 heterocycles. The van der Waals surface area contributed by atoms with E-state index in [1.165, 1.54) is 6.07 Å². The molecule has 1 amide bonds. The number of aromatic nitrogens is 2. The number of benzene rings is 1. The van der Waals surface area contributed by atoms with E-state index in [2.05, 4.69) is 20.0 Å². The quantitative estimate of drug-likeness (QED) is 0.691. The summed E-state index contributed by atoms with van der Waals surface area (Å²) in [5.41, 5.74) is 4.81. The Balaban J connectivity index is 1.41. The molecular weight excluding hydrogens is 390 g/mol. The Morgan fingerprint density at radius 1 is 1.10 bits per heavy atom. The lowest BCUT2D eigenvalue weighted by Crippen LogP contribution is -2.59. The van der Waals surface area contributed by atoms with E-state index in [1.807, 2.05) is 36.9 Å². The zero-order chi connectivity index (χ0) is 21.4. The molecule has 0 saturated carbocycles. The van der Waals surface area contributed by atoms with E-state index in [-0.39, 0.29) is 17.8 Å². The maximum atomic E-state index is 12.7. The van der Waals surface area contributed by atoms with Gasteiger partial charge in [0.1, 0.15) is 0 Å². The Bertz CT molecular complexity index is 1110. The second-order valence-electron chi connectivity index (χ2n) is 7.57. The van der Waals surface area contributed by atoms with Gasteiger partial charge in [0.05, 0.1) is 11.6 Å². The van der Waals surface area contributed by atoms with Crippen LogP contribution in [0.25, 0.3) is 10.9 Å². The summed E-state index contributed by atoms with van der Waals surface area (Å²) in [5.74, 6) is -0.253. The van der Waals surface area contributed by atoms with Crippen molar-refractivity contribution in [1.82, 2.24) is 15.3 Å². The molecule has 1 aliphatic heterocycles. The van der Waals surface area contributed by atoms with Crippen LogP contribution in [-0.4, -0.2) is 41.6 Å². The van der Waals surface area contributed by atoms with Crippen molar-refractivity contribution >= 4 is 22.5 Å². The predicted octanol–water partition coefficient (Wildman–Crippen LogP) is 3.78. The number of amides is 1. The van der Waals surface area contributed by atoms with Crippen LogP contribution in [0.4, 0.5) is 14.5 Å². The van der Waals surface area contributed by atoms with Crippen LogP contribution in [0.2, 0.25) is 0 Å². The molecule has 0 unspecified atom stereocenters. The van der Waals surface area contributed by atoms with Gasteiger partial charge >= 0.3 is 6.61 Å². The molecular formula is C22H22F2N4O2. The third-order valence-electron chi connectivity index (χ3n) is 5.11. The molecule has 4 rings (SSSR count). The van der Waals surface area contributed by atoms with Gasteiger partial charge in [0, 0.05) is 47.2 Å². The van der Waals surface area contributed by atoms with Gasteiger partial charge in [-0.2, -0.15) is 8.78 Å². The van der Waals surface area contributed by atoms with Crippen LogP contribution in [0.1, 0.15) is 27.3 Å². The summed E-state index contributed by atoms with van der Waals surface area (Å²) in [6, 6.07) is 10.8. The molecule has 0 radical (unpaired) electrons. The van der Waals surface area contributed by atoms with Crippen molar-refractivity contribution in [1.29, 1.82) is 0 Å². The molecule has 1 saturated heterocycles. The van der Waals surface area contributed by atoms with E-state index >= 15 is 0 Å². The molecule has 8 heteroatoms. The van der Waals surface area contributed by atoms with Gasteiger partial charge in [0.25, 0.3) is 5.91 Å². The second kappa shape index (κ2) is 7.85. The van der Waals surface area contributed by atoms with Crippen LogP contribution in [0.3, 0.4) is 0 Å². The van der Waals surface area contributed by atoms with E-state index < -0.39 is 6.61 Å². The van der Waals surface area contributed by atoms with Crippen LogP contribution in [0.5, 0.6) is 5.88 Å². The summed E-state index contributed by atoms with van der Waals surface area (Å²) in [5, 5.41) is 3.98. The molecule has 6 nitrogen and oxygen atoms in total. The Kier molecular flexibility index (Phi) is 5.24. The zero-order valence-electron chi connectivity index (χ0n) is 16.9. The number of ether oxygens (including phenoxy) is 1. The highest BCUT2D eigenvalue weighted by molar-refractivity contribution is 5.98. The molecule has 156 valence electrons. The smallest absolute Gasteiger partial charge is 0.388 e. The molecule has 1 fully saturated rings. The van der Waals surface area contributed by atoms with Crippen molar-refractivity contribution in [2.24, 2.45) is 0 Å². The minimum Gasteiger partial charge on any atom is -0.417 e. The number of halogens is 2. The van der Waals surface area contributed by atoms with Gasteiger partial charge in [-0.3, -0.25) is 9.78 Å². The fourth-order valence-electron chi connectivity index (χ4n) is 3.71. The fraction of sp³-hybridized carbons (Fsp3) is 0.318. The minimum atomic E-state index is -2.92. The van der Waals surface area contributed by atoms with E-state index in [1.54, 1.807) is 19.1 Å². The first-order chi connectivity index (χ1) is 14.3. The van der Waals surface area contributed by atoms with Gasteiger partial charge in [-0.1, -0.05) is 0 Å². The monoisotopic (exact) mass is 412 g/mol. The molecule has 0 atom stereocenters. The molecule has 30 heavy (non-hydrogen) atoms. The number of fused-ring (bicyclic) bond motifs is 1. The number of hydrogen-bond acceptors (Lipinski definition) is 5. The average molecular weight is 412 g/mol. The van der Waals surface area contributed by atoms with Crippen LogP contribution >= 0.6 is 0 Å². The van der Waals surface area contributed by atoms with Crippen molar-refractivity contribution in [2.45, 2.75) is 33.4 Å². The highest BCUT2D eigenvalue weighted by Crippen LogP contribution is 2.26. The highest BCUT2D eigenvalue weighted by Gasteiger charge is 2.29. The van der Waals surface area contributed by atoms with Crippen molar-refractivity contribution in [2.75, 3.05) is 18.0 Å². The number of nitrogens with zero attached hydrogens (tertiary/aromatic N) is 3. The van der Waals surface area contributed by atoms with Crippen molar-refractivity contribution in [3.63, 3.8) is 0 Å². The fourth-order valence-corrected chi connectivity index (χ4v) is 3.71. The molecule has 1 aromatic carbocycles. The first-order valence-electron chi connectivity index (χ1n) is 9.66. The van der Waals surface area contributed by atoms with Crippen LogP contribution in [0.15, 0.2) is 36.4 Å². The Morgan fingerprint density at radius 3 is 2.57 bits per heavy atom. The SMILES string of the molecule is Cc1cc(N2CC(NC(=O)c3ccc4nc(C)cc(C)c4c3)C2)cc(OC(F)F)n1. The maximum Gasteiger partial charge on any atom is 0.388 e. The summed E-state index contributed by atoms with van der Waals surface area (Å²) in [7, 11) is 0. The molecule has 3 aromatic rings. The standard InChI is InChI=1S/C22H22F2N4O2/c1-12-6-13(2)25-19-5-4-15(8-18(12)19)21(29)27-16-10-28(11-16)17-7-14(3)26-20(9-17)30-22(23)24/h4-9,16,22H,10-11H2,1-3H3,(H,27,29). The number of nitrogens with one attached hydrogen (secondary N) is 1. The van der Waals surface area contributed by atoms with Gasteiger partial charge in [-0.15, -0.1) is 0 Å². The van der Waals surface area contributed by atoms with Gasteiger partial charge in [0.15, 0.2) is 0 Å². The third-order valence-corrected chi connectivity index (χ3v) is 5.11. The lowest BCUT2D eigenvalue weighted by Gasteiger charge is -2.41. The Labute approximate surface area is 172 Å². The molecule has 2 aromatic heterocycles. The molecule has 1 N–H and O–H groups in total. The number of alkyl halides is 2. The number of pyridine rings is 2. The first kappa shape index (κ1) is 20.0. The van der Waals surface area contributed by atoms with Crippen LogP contribution in [-0.2, 0) is 0 Å². The van der Waals surface area contributed by atoms with E-state index in [0.717, 1.165) is 27.8 Å². The normalized spacial score (nSPS) is 14.1. The average Bonchev–Trinajstić information content (AvgIpc) is 2.62. The summed E-state index contributed by atoms with van der Waals surface area (Å²) in [6.07, 6.45) is 0. The number of carbonyl (C=O) groups excluding carboxylic acids is 1. The number of rotatable bonds is 5. The van der Waals surface area contributed by atoms with Crippen molar-refractivity contribution in [3.05, 3.63) is 58.9 Å². The Morgan fingerprint density at radius 2 is 1.83 bits per heavy atom. The summed E-state index contributed by atoms with van der Waals surface area (Å²) in [6.45, 7) is 3.92. The molecule has 0 bridgehead atoms. The zero-order valence-corrected chi connectivity index (χ0v) is 16.9. The van der Waals surface area contributed by atoms with Gasteiger partial charge in [0.2, 0.25) is 5.88 Å². The largest absolute Gasteiger partial charge is 0.417 e. The summed E-state index contributed by atoms with van der Waals surface area (Å²) >= 11 is 0. The number of anilines is 1. The van der Waals surface area contributed by atoms with Gasteiger partial charge < -0.3 is 15.0 Å².